The van der Waals surface area contributed by atoms with Crippen LogP contribution < -0.4 is 5.32 Å². The molecule has 1 rings (SSSR count). The van der Waals surface area contributed by atoms with Crippen molar-refractivity contribution in [3.63, 3.8) is 0 Å². The van der Waals surface area contributed by atoms with E-state index in [-0.39, 0.29) is 35.9 Å². The fourth-order valence-corrected chi connectivity index (χ4v) is 2.36. The molecular weight excluding hydrogens is 216 g/mol. The number of rotatable bonds is 4. The summed E-state index contributed by atoms with van der Waals surface area (Å²) in [7, 11) is 0. The number of carbonyl (C=O) groups excluding carboxylic acids is 2. The van der Waals surface area contributed by atoms with Crippen LogP contribution in [0.15, 0.2) is 0 Å². The van der Waals surface area contributed by atoms with Crippen LogP contribution in [0.2, 0.25) is 0 Å². The summed E-state index contributed by atoms with van der Waals surface area (Å²) in [6, 6.07) is -0.577. The lowest BCUT2D eigenvalue weighted by Crippen LogP contribution is -2.66. The number of amides is 2. The van der Waals surface area contributed by atoms with Crippen molar-refractivity contribution in [2.45, 2.75) is 65.6 Å². The largest absolute Gasteiger partial charge is 0.342 e. The Kier molecular flexibility index (Phi) is 4.54. The van der Waals surface area contributed by atoms with Gasteiger partial charge in [-0.1, -0.05) is 27.2 Å². The molecule has 1 aliphatic rings. The van der Waals surface area contributed by atoms with E-state index in [9.17, 15) is 9.59 Å². The van der Waals surface area contributed by atoms with E-state index in [1.807, 2.05) is 34.6 Å². The highest BCUT2D eigenvalue weighted by Crippen LogP contribution is 2.20. The van der Waals surface area contributed by atoms with Crippen LogP contribution in [-0.2, 0) is 9.59 Å². The Labute approximate surface area is 104 Å². The third-order valence-corrected chi connectivity index (χ3v) is 3.24. The van der Waals surface area contributed by atoms with E-state index in [1.165, 1.54) is 0 Å². The topological polar surface area (TPSA) is 49.4 Å². The van der Waals surface area contributed by atoms with Gasteiger partial charge in [0.15, 0.2) is 0 Å². The molecule has 2 amide bonds. The van der Waals surface area contributed by atoms with Crippen molar-refractivity contribution in [3.8, 4) is 0 Å². The summed E-state index contributed by atoms with van der Waals surface area (Å²) >= 11 is 0. The predicted molar refractivity (Wildman–Crippen MR) is 67.4 cm³/mol. The molecule has 4 nitrogen and oxygen atoms in total. The molecule has 98 valence electrons. The van der Waals surface area contributed by atoms with Crippen LogP contribution in [0.1, 0.15) is 47.5 Å². The number of hydrogen-bond donors (Lipinski definition) is 1. The van der Waals surface area contributed by atoms with Crippen molar-refractivity contribution in [3.05, 3.63) is 0 Å². The molecule has 1 saturated heterocycles. The molecule has 0 bridgehead atoms. The highest BCUT2D eigenvalue weighted by atomic mass is 16.2. The normalized spacial score (nSPS) is 25.7. The van der Waals surface area contributed by atoms with Crippen LogP contribution >= 0.6 is 0 Å². The summed E-state index contributed by atoms with van der Waals surface area (Å²) in [6.45, 7) is 9.89. The van der Waals surface area contributed by atoms with Gasteiger partial charge in [-0.2, -0.15) is 0 Å². The van der Waals surface area contributed by atoms with Crippen LogP contribution in [0.5, 0.6) is 0 Å². The first-order valence-electron chi connectivity index (χ1n) is 6.52. The Morgan fingerprint density at radius 3 is 2.24 bits per heavy atom. The van der Waals surface area contributed by atoms with E-state index in [0.717, 1.165) is 12.8 Å². The van der Waals surface area contributed by atoms with Crippen LogP contribution in [0, 0.1) is 5.92 Å². The van der Waals surface area contributed by atoms with Crippen molar-refractivity contribution in [1.29, 1.82) is 0 Å². The van der Waals surface area contributed by atoms with Gasteiger partial charge in [0.05, 0.1) is 0 Å². The third-order valence-electron chi connectivity index (χ3n) is 3.24. The Bertz CT molecular complexity index is 300. The average molecular weight is 240 g/mol. The molecular formula is C13H24N2O2. The Hall–Kier alpha value is -1.06. The lowest BCUT2D eigenvalue weighted by atomic mass is 9.95. The van der Waals surface area contributed by atoms with E-state index in [2.05, 4.69) is 5.32 Å². The maximum Gasteiger partial charge on any atom is 0.246 e. The molecule has 0 aromatic carbocycles. The fourth-order valence-electron chi connectivity index (χ4n) is 2.36. The second-order valence-corrected chi connectivity index (χ2v) is 5.37. The number of nitrogens with zero attached hydrogens (tertiary/aromatic N) is 1. The van der Waals surface area contributed by atoms with Gasteiger partial charge in [-0.15, -0.1) is 0 Å². The van der Waals surface area contributed by atoms with Crippen molar-refractivity contribution in [2.24, 2.45) is 5.92 Å². The van der Waals surface area contributed by atoms with Gasteiger partial charge in [-0.05, 0) is 26.2 Å². The van der Waals surface area contributed by atoms with Gasteiger partial charge in [0.2, 0.25) is 11.8 Å². The lowest BCUT2D eigenvalue weighted by molar-refractivity contribution is -0.153. The zero-order valence-electron chi connectivity index (χ0n) is 11.5. The maximum atomic E-state index is 12.4. The summed E-state index contributed by atoms with van der Waals surface area (Å²) in [5, 5.41) is 2.86. The molecule has 0 aromatic rings. The zero-order valence-corrected chi connectivity index (χ0v) is 11.5. The molecule has 2 atom stereocenters. The minimum absolute atomic E-state index is 0.00106. The Balaban J connectivity index is 2.97. The highest BCUT2D eigenvalue weighted by molar-refractivity contribution is 5.97. The first-order valence-corrected chi connectivity index (χ1v) is 6.52. The second-order valence-electron chi connectivity index (χ2n) is 5.37. The summed E-state index contributed by atoms with van der Waals surface area (Å²) in [4.78, 5) is 26.2. The SMILES string of the molecule is CCCC1C(=O)NC(C(C)C)C(=O)N1C(C)C. The van der Waals surface area contributed by atoms with E-state index in [4.69, 9.17) is 0 Å². The molecule has 0 aromatic heterocycles. The van der Waals surface area contributed by atoms with Gasteiger partial charge < -0.3 is 10.2 Å². The molecule has 1 heterocycles. The Morgan fingerprint density at radius 1 is 1.24 bits per heavy atom. The molecule has 1 fully saturated rings. The van der Waals surface area contributed by atoms with Gasteiger partial charge >= 0.3 is 0 Å². The first-order chi connectivity index (χ1) is 7.90. The van der Waals surface area contributed by atoms with Gasteiger partial charge in [-0.3, -0.25) is 9.59 Å². The number of carbonyl (C=O) groups is 2. The molecule has 4 heteroatoms. The Morgan fingerprint density at radius 2 is 1.82 bits per heavy atom. The summed E-state index contributed by atoms with van der Waals surface area (Å²) in [6.07, 6.45) is 1.64. The van der Waals surface area contributed by atoms with Gasteiger partial charge in [0, 0.05) is 6.04 Å². The highest BCUT2D eigenvalue weighted by Gasteiger charge is 2.42. The minimum Gasteiger partial charge on any atom is -0.342 e. The van der Waals surface area contributed by atoms with Crippen LogP contribution in [0.25, 0.3) is 0 Å². The predicted octanol–water partition coefficient (Wildman–Crippen LogP) is 1.55. The van der Waals surface area contributed by atoms with Gasteiger partial charge in [-0.25, -0.2) is 0 Å². The van der Waals surface area contributed by atoms with Crippen LogP contribution in [0.4, 0.5) is 0 Å². The van der Waals surface area contributed by atoms with E-state index in [0.29, 0.717) is 0 Å². The maximum absolute atomic E-state index is 12.4. The summed E-state index contributed by atoms with van der Waals surface area (Å²) in [5.74, 6) is 0.196. The number of nitrogens with one attached hydrogen (secondary N) is 1. The van der Waals surface area contributed by atoms with Crippen LogP contribution in [0.3, 0.4) is 0 Å². The second kappa shape index (κ2) is 5.52. The van der Waals surface area contributed by atoms with E-state index < -0.39 is 0 Å². The molecule has 0 aliphatic carbocycles. The smallest absolute Gasteiger partial charge is 0.246 e. The molecule has 0 spiro atoms. The third kappa shape index (κ3) is 2.79. The molecule has 0 radical (unpaired) electrons. The molecule has 1 N–H and O–H groups in total. The average Bonchev–Trinajstić information content (AvgIpc) is 2.22. The first kappa shape index (κ1) is 14.0. The standard InChI is InChI=1S/C13H24N2O2/c1-6-7-10-12(16)14-11(8(2)3)13(17)15(10)9(4)5/h8-11H,6-7H2,1-5H3,(H,14,16). The molecule has 0 saturated carbocycles. The number of piperazine rings is 1. The minimum atomic E-state index is -0.363. The van der Waals surface area contributed by atoms with Gasteiger partial charge in [0.1, 0.15) is 12.1 Å². The molecule has 2 unspecified atom stereocenters. The van der Waals surface area contributed by atoms with Gasteiger partial charge in [0.25, 0.3) is 0 Å². The number of hydrogen-bond acceptors (Lipinski definition) is 2. The van der Waals surface area contributed by atoms with E-state index >= 15 is 0 Å². The molecule has 1 aliphatic heterocycles. The summed E-state index contributed by atoms with van der Waals surface area (Å²) < 4.78 is 0. The lowest BCUT2D eigenvalue weighted by Gasteiger charge is -2.42. The summed E-state index contributed by atoms with van der Waals surface area (Å²) in [5.41, 5.74) is 0. The van der Waals surface area contributed by atoms with Crippen molar-refractivity contribution in [2.75, 3.05) is 0 Å². The monoisotopic (exact) mass is 240 g/mol. The van der Waals surface area contributed by atoms with Crippen molar-refractivity contribution < 1.29 is 9.59 Å². The van der Waals surface area contributed by atoms with E-state index in [1.54, 1.807) is 4.90 Å². The quantitative estimate of drug-likeness (QED) is 0.810. The molecule has 17 heavy (non-hydrogen) atoms. The van der Waals surface area contributed by atoms with Crippen molar-refractivity contribution >= 4 is 11.8 Å². The van der Waals surface area contributed by atoms with Crippen LogP contribution in [-0.4, -0.2) is 34.8 Å². The fraction of sp³-hybridized carbons (Fsp3) is 0.846. The van der Waals surface area contributed by atoms with Crippen molar-refractivity contribution in [1.82, 2.24) is 10.2 Å². The zero-order chi connectivity index (χ0) is 13.2.